The van der Waals surface area contributed by atoms with Crippen LogP contribution in [0.1, 0.15) is 48.2 Å². The molecule has 5 rings (SSSR count). The van der Waals surface area contributed by atoms with Gasteiger partial charge in [-0.2, -0.15) is 0 Å². The molecule has 33 heavy (non-hydrogen) atoms. The molecule has 1 aromatic carbocycles. The van der Waals surface area contributed by atoms with Gasteiger partial charge in [0.1, 0.15) is 29.1 Å². The van der Waals surface area contributed by atoms with E-state index in [1.165, 1.54) is 27.8 Å². The molecule has 1 N–H and O–H groups in total. The van der Waals surface area contributed by atoms with E-state index in [0.29, 0.717) is 11.3 Å². The molecular weight excluding hydrogens is 435 g/mol. The minimum absolute atomic E-state index is 0.0130. The van der Waals surface area contributed by atoms with Crippen LogP contribution in [0.2, 0.25) is 0 Å². The first kappa shape index (κ1) is 21.0. The Kier molecular flexibility index (Phi) is 4.66. The van der Waals surface area contributed by atoms with Crippen LogP contribution in [0.3, 0.4) is 0 Å². The third-order valence-corrected chi connectivity index (χ3v) is 5.48. The first-order valence-electron chi connectivity index (χ1n) is 10.3. The third-order valence-electron chi connectivity index (χ3n) is 5.48. The number of aromatic nitrogens is 3. The summed E-state index contributed by atoms with van der Waals surface area (Å²) in [6.07, 6.45) is 0.513. The highest BCUT2D eigenvalue weighted by molar-refractivity contribution is 5.97. The van der Waals surface area contributed by atoms with Crippen molar-refractivity contribution < 1.29 is 33.3 Å². The van der Waals surface area contributed by atoms with Crippen LogP contribution in [0.4, 0.5) is 15.0 Å². The van der Waals surface area contributed by atoms with Crippen molar-refractivity contribution in [1.82, 2.24) is 14.6 Å². The second-order valence-electron chi connectivity index (χ2n) is 8.90. The van der Waals surface area contributed by atoms with E-state index in [1.807, 2.05) is 0 Å². The summed E-state index contributed by atoms with van der Waals surface area (Å²) < 4.78 is 33.8. The molecule has 3 aromatic rings. The predicted octanol–water partition coefficient (Wildman–Crippen LogP) is 3.38. The maximum absolute atomic E-state index is 15.1. The molecule has 172 valence electrons. The molecule has 1 atom stereocenters. The number of aromatic carboxylic acids is 1. The van der Waals surface area contributed by atoms with Gasteiger partial charge in [-0.15, -0.1) is 10.2 Å². The number of pyridine rings is 1. The van der Waals surface area contributed by atoms with Crippen molar-refractivity contribution in [1.29, 1.82) is 0 Å². The summed E-state index contributed by atoms with van der Waals surface area (Å²) in [6.45, 7) is 5.31. The van der Waals surface area contributed by atoms with Crippen molar-refractivity contribution in [3.05, 3.63) is 47.0 Å². The molecule has 2 aromatic heterocycles. The van der Waals surface area contributed by atoms with Crippen molar-refractivity contribution in [2.75, 3.05) is 18.1 Å². The molecule has 0 saturated carbocycles. The second-order valence-corrected chi connectivity index (χ2v) is 8.90. The zero-order valence-corrected chi connectivity index (χ0v) is 18.2. The van der Waals surface area contributed by atoms with Gasteiger partial charge in [0, 0.05) is 17.2 Å². The standard InChI is InChI=1S/C22H21FN4O6/c1-22(2,3)33-21(30)26-7-13-14(23)4-5-15-17(13)11(8-31-15)9-32-16-6-12(20(28)29)18-25-24-10-27(18)19(16)26/h4-6,10-11H,7-9H2,1-3H3,(H,28,29)/t11-/m0/s1. The van der Waals surface area contributed by atoms with Crippen LogP contribution in [0.5, 0.6) is 11.5 Å². The van der Waals surface area contributed by atoms with Crippen LogP contribution < -0.4 is 14.4 Å². The maximum Gasteiger partial charge on any atom is 0.416 e. The molecule has 0 saturated heterocycles. The molecular formula is C22H21FN4O6. The number of hydrogen-bond acceptors (Lipinski definition) is 7. The van der Waals surface area contributed by atoms with Gasteiger partial charge in [-0.1, -0.05) is 0 Å². The molecule has 0 radical (unpaired) electrons. The number of nitrogens with zero attached hydrogens (tertiary/aromatic N) is 4. The highest BCUT2D eigenvalue weighted by atomic mass is 19.1. The Morgan fingerprint density at radius 3 is 2.64 bits per heavy atom. The molecule has 0 fully saturated rings. The van der Waals surface area contributed by atoms with Crippen LogP contribution in [0.15, 0.2) is 24.5 Å². The highest BCUT2D eigenvalue weighted by Crippen LogP contribution is 2.42. The summed E-state index contributed by atoms with van der Waals surface area (Å²) in [6, 6.07) is 4.14. The van der Waals surface area contributed by atoms with E-state index < -0.39 is 23.5 Å². The largest absolute Gasteiger partial charge is 0.493 e. The second kappa shape index (κ2) is 7.32. The van der Waals surface area contributed by atoms with Crippen LogP contribution in [0, 0.1) is 5.82 Å². The smallest absolute Gasteiger partial charge is 0.416 e. The summed E-state index contributed by atoms with van der Waals surface area (Å²) in [5.41, 5.74) is -0.0800. The van der Waals surface area contributed by atoms with Crippen LogP contribution in [-0.2, 0) is 11.3 Å². The van der Waals surface area contributed by atoms with E-state index in [2.05, 4.69) is 10.2 Å². The summed E-state index contributed by atoms with van der Waals surface area (Å²) in [7, 11) is 0. The molecule has 1 amide bonds. The van der Waals surface area contributed by atoms with E-state index in [4.69, 9.17) is 14.2 Å². The van der Waals surface area contributed by atoms with Gasteiger partial charge >= 0.3 is 12.1 Å². The number of benzene rings is 1. The fraction of sp³-hybridized carbons (Fsp3) is 0.364. The van der Waals surface area contributed by atoms with Gasteiger partial charge in [-0.25, -0.2) is 14.0 Å². The number of carbonyl (C=O) groups is 2. The molecule has 0 bridgehead atoms. The number of anilines is 1. The van der Waals surface area contributed by atoms with E-state index in [-0.39, 0.29) is 54.0 Å². The minimum Gasteiger partial charge on any atom is -0.493 e. The fourth-order valence-corrected chi connectivity index (χ4v) is 4.13. The SMILES string of the molecule is CC(C)(C)OC(=O)N1Cc2c(F)ccc3c2[C@@H](CO3)COc2cc(C(=O)O)c3nncn3c21. The number of ether oxygens (including phenoxy) is 3. The van der Waals surface area contributed by atoms with E-state index >= 15 is 4.39 Å². The van der Waals surface area contributed by atoms with Crippen molar-refractivity contribution in [3.8, 4) is 11.5 Å². The van der Waals surface area contributed by atoms with Crippen molar-refractivity contribution in [2.24, 2.45) is 0 Å². The molecule has 0 aliphatic carbocycles. The number of carboxylic acids is 1. The van der Waals surface area contributed by atoms with Crippen LogP contribution >= 0.6 is 0 Å². The van der Waals surface area contributed by atoms with Gasteiger partial charge in [0.25, 0.3) is 0 Å². The van der Waals surface area contributed by atoms with Crippen molar-refractivity contribution in [3.63, 3.8) is 0 Å². The fourth-order valence-electron chi connectivity index (χ4n) is 4.13. The Labute approximate surface area is 187 Å². The lowest BCUT2D eigenvalue weighted by Gasteiger charge is -2.29. The highest BCUT2D eigenvalue weighted by Gasteiger charge is 2.37. The predicted molar refractivity (Wildman–Crippen MR) is 112 cm³/mol. The summed E-state index contributed by atoms with van der Waals surface area (Å²) in [5.74, 6) is -1.26. The first-order chi connectivity index (χ1) is 15.6. The third kappa shape index (κ3) is 3.49. The van der Waals surface area contributed by atoms with Gasteiger partial charge in [-0.05, 0) is 32.9 Å². The van der Waals surface area contributed by atoms with E-state index in [9.17, 15) is 14.7 Å². The van der Waals surface area contributed by atoms with Gasteiger partial charge in [0.15, 0.2) is 17.2 Å². The zero-order chi connectivity index (χ0) is 23.5. The molecule has 0 spiro atoms. The normalized spacial score (nSPS) is 17.2. The van der Waals surface area contributed by atoms with E-state index in [1.54, 1.807) is 26.8 Å². The van der Waals surface area contributed by atoms with Crippen LogP contribution in [0.25, 0.3) is 5.65 Å². The number of halogens is 1. The zero-order valence-electron chi connectivity index (χ0n) is 18.2. The maximum atomic E-state index is 15.1. The van der Waals surface area contributed by atoms with Gasteiger partial charge < -0.3 is 19.3 Å². The molecule has 11 heteroatoms. The Bertz CT molecular complexity index is 1300. The lowest BCUT2D eigenvalue weighted by atomic mass is 9.95. The number of rotatable bonds is 1. The van der Waals surface area contributed by atoms with Crippen molar-refractivity contribution in [2.45, 2.75) is 38.8 Å². The molecule has 2 aliphatic rings. The molecule has 10 nitrogen and oxygen atoms in total. The van der Waals surface area contributed by atoms with Gasteiger partial charge in [0.2, 0.25) is 0 Å². The molecule has 0 unspecified atom stereocenters. The Morgan fingerprint density at radius 2 is 1.94 bits per heavy atom. The number of fused-ring (bicyclic) bond motifs is 3. The van der Waals surface area contributed by atoms with Crippen LogP contribution in [-0.4, -0.2) is 50.6 Å². The quantitative estimate of drug-likeness (QED) is 0.593. The topological polar surface area (TPSA) is 115 Å². The molecule has 2 aliphatic heterocycles. The Balaban J connectivity index is 1.77. The average molecular weight is 456 g/mol. The minimum atomic E-state index is -1.23. The number of amides is 1. The van der Waals surface area contributed by atoms with Gasteiger partial charge in [0.05, 0.1) is 25.7 Å². The lowest BCUT2D eigenvalue weighted by molar-refractivity contribution is 0.0574. The van der Waals surface area contributed by atoms with Gasteiger partial charge in [-0.3, -0.25) is 9.30 Å². The Morgan fingerprint density at radius 1 is 1.21 bits per heavy atom. The van der Waals surface area contributed by atoms with E-state index in [0.717, 1.165) is 0 Å². The summed E-state index contributed by atoms with van der Waals surface area (Å²) in [5, 5.41) is 17.4. The Hall–Kier alpha value is -3.89. The first-order valence-corrected chi connectivity index (χ1v) is 10.3. The number of carbonyl (C=O) groups excluding carboxylic acids is 1. The monoisotopic (exact) mass is 456 g/mol. The average Bonchev–Trinajstić information content (AvgIpc) is 3.37. The summed E-state index contributed by atoms with van der Waals surface area (Å²) in [4.78, 5) is 26.4. The number of hydrogen-bond donors (Lipinski definition) is 1. The summed E-state index contributed by atoms with van der Waals surface area (Å²) >= 11 is 0. The lowest BCUT2D eigenvalue weighted by Crippen LogP contribution is -2.38. The van der Waals surface area contributed by atoms with Crippen molar-refractivity contribution >= 4 is 23.5 Å². The molecule has 4 heterocycles. The number of carboxylic acid groups (broad SMARTS) is 1.